The number of hydrogen-bond acceptors (Lipinski definition) is 4. The van der Waals surface area contributed by atoms with Gasteiger partial charge in [-0.1, -0.05) is 12.1 Å². The van der Waals surface area contributed by atoms with Crippen LogP contribution in [0.4, 0.5) is 5.69 Å². The number of nitrogens with one attached hydrogen (secondary N) is 2. The van der Waals surface area contributed by atoms with Gasteiger partial charge in [-0.15, -0.1) is 0 Å². The predicted molar refractivity (Wildman–Crippen MR) is 91.4 cm³/mol. The molecule has 3 rings (SSSR count). The third kappa shape index (κ3) is 3.51. The summed E-state index contributed by atoms with van der Waals surface area (Å²) >= 11 is 0. The van der Waals surface area contributed by atoms with E-state index >= 15 is 0 Å². The summed E-state index contributed by atoms with van der Waals surface area (Å²) in [6, 6.07) is 14.8. The second kappa shape index (κ2) is 6.96. The van der Waals surface area contributed by atoms with E-state index in [9.17, 15) is 4.79 Å². The van der Waals surface area contributed by atoms with Crippen molar-refractivity contribution in [3.05, 3.63) is 59.7 Å². The van der Waals surface area contributed by atoms with Crippen LogP contribution in [0.1, 0.15) is 22.3 Å². The first kappa shape index (κ1) is 15.1. The number of hydrogen-bond donors (Lipinski definition) is 2. The molecule has 1 aliphatic heterocycles. The molecule has 2 aromatic rings. The molecule has 2 aromatic carbocycles. The quantitative estimate of drug-likeness (QED) is 0.913. The van der Waals surface area contributed by atoms with Crippen LogP contribution in [0.2, 0.25) is 0 Å². The van der Waals surface area contributed by atoms with Gasteiger partial charge in [-0.05, 0) is 42.8 Å². The lowest BCUT2D eigenvalue weighted by molar-refractivity contribution is 0.102. The van der Waals surface area contributed by atoms with Crippen LogP contribution in [0.15, 0.2) is 53.5 Å². The Labute approximate surface area is 135 Å². The maximum absolute atomic E-state index is 12.4. The molecule has 23 heavy (non-hydrogen) atoms. The van der Waals surface area contributed by atoms with E-state index in [4.69, 9.17) is 4.74 Å². The SMILES string of the molecule is COc1ccccc1C(=O)Nc1ccc(C2=NCCCN2)cc1. The molecular weight excluding hydrogens is 290 g/mol. The third-order valence-electron chi connectivity index (χ3n) is 3.67. The van der Waals surface area contributed by atoms with Crippen molar-refractivity contribution < 1.29 is 9.53 Å². The molecule has 0 radical (unpaired) electrons. The number of ether oxygens (including phenoxy) is 1. The highest BCUT2D eigenvalue weighted by atomic mass is 16.5. The van der Waals surface area contributed by atoms with Crippen LogP contribution in [0.25, 0.3) is 0 Å². The molecule has 1 amide bonds. The zero-order valence-electron chi connectivity index (χ0n) is 13.0. The number of aliphatic imine (C=N–C) groups is 1. The fraction of sp³-hybridized carbons (Fsp3) is 0.222. The molecular formula is C18H19N3O2. The number of carbonyl (C=O) groups excluding carboxylic acids is 1. The summed E-state index contributed by atoms with van der Waals surface area (Å²) in [4.78, 5) is 16.8. The van der Waals surface area contributed by atoms with E-state index in [1.807, 2.05) is 36.4 Å². The Balaban J connectivity index is 1.73. The van der Waals surface area contributed by atoms with Gasteiger partial charge in [0.2, 0.25) is 0 Å². The lowest BCUT2D eigenvalue weighted by atomic mass is 10.1. The van der Waals surface area contributed by atoms with E-state index < -0.39 is 0 Å². The normalized spacial score (nSPS) is 13.7. The molecule has 0 unspecified atom stereocenters. The van der Waals surface area contributed by atoms with Crippen LogP contribution in [0.5, 0.6) is 5.75 Å². The first-order valence-electron chi connectivity index (χ1n) is 7.61. The Kier molecular flexibility index (Phi) is 4.57. The van der Waals surface area contributed by atoms with E-state index in [2.05, 4.69) is 15.6 Å². The van der Waals surface area contributed by atoms with Crippen molar-refractivity contribution in [1.82, 2.24) is 5.32 Å². The van der Waals surface area contributed by atoms with Crippen LogP contribution >= 0.6 is 0 Å². The Bertz CT molecular complexity index is 723. The van der Waals surface area contributed by atoms with Gasteiger partial charge in [-0.25, -0.2) is 0 Å². The number of anilines is 1. The number of amidine groups is 1. The summed E-state index contributed by atoms with van der Waals surface area (Å²) in [5.74, 6) is 1.28. The average Bonchev–Trinajstić information content (AvgIpc) is 2.63. The summed E-state index contributed by atoms with van der Waals surface area (Å²) in [6.07, 6.45) is 1.07. The van der Waals surface area contributed by atoms with Gasteiger partial charge in [0.1, 0.15) is 11.6 Å². The van der Waals surface area contributed by atoms with Crippen molar-refractivity contribution >= 4 is 17.4 Å². The number of para-hydroxylation sites is 1. The van der Waals surface area contributed by atoms with Crippen LogP contribution < -0.4 is 15.4 Å². The zero-order valence-corrected chi connectivity index (χ0v) is 13.0. The zero-order chi connectivity index (χ0) is 16.1. The molecule has 0 spiro atoms. The first-order chi connectivity index (χ1) is 11.3. The number of amides is 1. The minimum absolute atomic E-state index is 0.191. The fourth-order valence-corrected chi connectivity index (χ4v) is 2.47. The van der Waals surface area contributed by atoms with Crippen molar-refractivity contribution in [2.45, 2.75) is 6.42 Å². The molecule has 0 aromatic heterocycles. The van der Waals surface area contributed by atoms with Gasteiger partial charge in [-0.3, -0.25) is 9.79 Å². The van der Waals surface area contributed by atoms with Gasteiger partial charge >= 0.3 is 0 Å². The molecule has 0 bridgehead atoms. The van der Waals surface area contributed by atoms with Crippen molar-refractivity contribution in [2.75, 3.05) is 25.5 Å². The molecule has 0 fully saturated rings. The van der Waals surface area contributed by atoms with E-state index in [1.54, 1.807) is 19.2 Å². The highest BCUT2D eigenvalue weighted by Crippen LogP contribution is 2.19. The highest BCUT2D eigenvalue weighted by Gasteiger charge is 2.12. The van der Waals surface area contributed by atoms with E-state index in [0.29, 0.717) is 11.3 Å². The van der Waals surface area contributed by atoms with Gasteiger partial charge in [0.25, 0.3) is 5.91 Å². The molecule has 118 valence electrons. The predicted octanol–water partition coefficient (Wildman–Crippen LogP) is 2.69. The van der Waals surface area contributed by atoms with Gasteiger partial charge in [-0.2, -0.15) is 0 Å². The van der Waals surface area contributed by atoms with E-state index in [-0.39, 0.29) is 5.91 Å². The monoisotopic (exact) mass is 309 g/mol. The number of carbonyl (C=O) groups is 1. The highest BCUT2D eigenvalue weighted by molar-refractivity contribution is 6.06. The largest absolute Gasteiger partial charge is 0.496 e. The maximum Gasteiger partial charge on any atom is 0.259 e. The Morgan fingerprint density at radius 2 is 1.96 bits per heavy atom. The van der Waals surface area contributed by atoms with Crippen molar-refractivity contribution in [3.63, 3.8) is 0 Å². The number of benzene rings is 2. The van der Waals surface area contributed by atoms with Crippen LogP contribution in [0.3, 0.4) is 0 Å². The number of methoxy groups -OCH3 is 1. The van der Waals surface area contributed by atoms with Crippen LogP contribution in [-0.2, 0) is 0 Å². The summed E-state index contributed by atoms with van der Waals surface area (Å²) in [5, 5.41) is 6.17. The minimum atomic E-state index is -0.191. The van der Waals surface area contributed by atoms with Crippen molar-refractivity contribution in [1.29, 1.82) is 0 Å². The summed E-state index contributed by atoms with van der Waals surface area (Å²) in [6.45, 7) is 1.81. The van der Waals surface area contributed by atoms with Gasteiger partial charge in [0.05, 0.1) is 12.7 Å². The maximum atomic E-state index is 12.4. The molecule has 0 aliphatic carbocycles. The summed E-state index contributed by atoms with van der Waals surface area (Å²) in [7, 11) is 1.55. The van der Waals surface area contributed by atoms with Crippen LogP contribution in [0, 0.1) is 0 Å². The van der Waals surface area contributed by atoms with Gasteiger partial charge in [0.15, 0.2) is 0 Å². The standard InChI is InChI=1S/C18H19N3O2/c1-23-16-6-3-2-5-15(16)18(22)21-14-9-7-13(8-10-14)17-19-11-4-12-20-17/h2-3,5-10H,4,11-12H2,1H3,(H,19,20)(H,21,22). The van der Waals surface area contributed by atoms with Crippen molar-refractivity contribution in [2.24, 2.45) is 4.99 Å². The van der Waals surface area contributed by atoms with Crippen LogP contribution in [-0.4, -0.2) is 31.9 Å². The fourth-order valence-electron chi connectivity index (χ4n) is 2.47. The first-order valence-corrected chi connectivity index (χ1v) is 7.61. The van der Waals surface area contributed by atoms with Gasteiger partial charge < -0.3 is 15.4 Å². The molecule has 5 nitrogen and oxygen atoms in total. The number of nitrogens with zero attached hydrogens (tertiary/aromatic N) is 1. The Morgan fingerprint density at radius 1 is 1.17 bits per heavy atom. The molecule has 0 atom stereocenters. The molecule has 1 heterocycles. The molecule has 2 N–H and O–H groups in total. The summed E-state index contributed by atoms with van der Waals surface area (Å²) in [5.41, 5.74) is 2.28. The Hall–Kier alpha value is -2.82. The molecule has 0 saturated heterocycles. The topological polar surface area (TPSA) is 62.7 Å². The minimum Gasteiger partial charge on any atom is -0.496 e. The second-order valence-electron chi connectivity index (χ2n) is 5.24. The van der Waals surface area contributed by atoms with E-state index in [0.717, 1.165) is 36.6 Å². The van der Waals surface area contributed by atoms with Gasteiger partial charge in [0, 0.05) is 24.3 Å². The molecule has 1 aliphatic rings. The summed E-state index contributed by atoms with van der Waals surface area (Å²) < 4.78 is 5.22. The van der Waals surface area contributed by atoms with Crippen molar-refractivity contribution in [3.8, 4) is 5.75 Å². The third-order valence-corrected chi connectivity index (χ3v) is 3.67. The number of rotatable bonds is 4. The molecule has 5 heteroatoms. The lowest BCUT2D eigenvalue weighted by Crippen LogP contribution is -2.30. The lowest BCUT2D eigenvalue weighted by Gasteiger charge is -2.15. The smallest absolute Gasteiger partial charge is 0.259 e. The van der Waals surface area contributed by atoms with E-state index in [1.165, 1.54) is 0 Å². The Morgan fingerprint density at radius 3 is 2.65 bits per heavy atom. The molecule has 0 saturated carbocycles. The second-order valence-corrected chi connectivity index (χ2v) is 5.24. The average molecular weight is 309 g/mol.